The standard InChI is InChI=1S/C9H16O3/c1-12-8-4-2-3-7(5-8)6-9(10)11/h7-8H,2-6H2,1H3,(H,10,11)/t7-,8-/m0/s1. The molecule has 1 fully saturated rings. The topological polar surface area (TPSA) is 46.5 Å². The lowest BCUT2D eigenvalue weighted by atomic mass is 9.85. The SMILES string of the molecule is CO[C@H]1CCC[C@H](CC(=O)O)C1. The lowest BCUT2D eigenvalue weighted by Gasteiger charge is -2.26. The first kappa shape index (κ1) is 9.52. The first-order chi connectivity index (χ1) is 5.72. The Bertz CT molecular complexity index is 156. The van der Waals surface area contributed by atoms with Crippen molar-refractivity contribution in [3.8, 4) is 0 Å². The minimum absolute atomic E-state index is 0.295. The molecule has 70 valence electrons. The zero-order valence-electron chi connectivity index (χ0n) is 7.45. The number of carboxylic acids is 1. The highest BCUT2D eigenvalue weighted by atomic mass is 16.5. The highest BCUT2D eigenvalue weighted by molar-refractivity contribution is 5.67. The van der Waals surface area contributed by atoms with Gasteiger partial charge in [0.2, 0.25) is 0 Å². The lowest BCUT2D eigenvalue weighted by molar-refractivity contribution is -0.138. The van der Waals surface area contributed by atoms with E-state index in [9.17, 15) is 4.79 Å². The van der Waals surface area contributed by atoms with E-state index in [0.29, 0.717) is 18.4 Å². The largest absolute Gasteiger partial charge is 0.481 e. The summed E-state index contributed by atoms with van der Waals surface area (Å²) in [4.78, 5) is 10.4. The quantitative estimate of drug-likeness (QED) is 0.704. The van der Waals surface area contributed by atoms with Crippen molar-refractivity contribution in [1.29, 1.82) is 0 Å². The molecule has 12 heavy (non-hydrogen) atoms. The molecular weight excluding hydrogens is 156 g/mol. The van der Waals surface area contributed by atoms with Crippen molar-refractivity contribution < 1.29 is 14.6 Å². The predicted molar refractivity (Wildman–Crippen MR) is 45.0 cm³/mol. The maximum atomic E-state index is 10.4. The Morgan fingerprint density at radius 1 is 1.58 bits per heavy atom. The van der Waals surface area contributed by atoms with Gasteiger partial charge in [-0.2, -0.15) is 0 Å². The zero-order valence-corrected chi connectivity index (χ0v) is 7.45. The van der Waals surface area contributed by atoms with Crippen molar-refractivity contribution in [2.24, 2.45) is 5.92 Å². The Morgan fingerprint density at radius 3 is 2.92 bits per heavy atom. The lowest BCUT2D eigenvalue weighted by Crippen LogP contribution is -2.23. The third-order valence-corrected chi connectivity index (χ3v) is 2.53. The average Bonchev–Trinajstić information content (AvgIpc) is 2.03. The molecule has 0 aliphatic heterocycles. The Kier molecular flexibility index (Phi) is 3.53. The molecule has 0 heterocycles. The summed E-state index contributed by atoms with van der Waals surface area (Å²) in [5.41, 5.74) is 0. The van der Waals surface area contributed by atoms with Crippen LogP contribution in [0.4, 0.5) is 0 Å². The molecule has 0 unspecified atom stereocenters. The van der Waals surface area contributed by atoms with Gasteiger partial charge in [-0.25, -0.2) is 0 Å². The van der Waals surface area contributed by atoms with Crippen LogP contribution in [-0.4, -0.2) is 24.3 Å². The first-order valence-electron chi connectivity index (χ1n) is 4.47. The van der Waals surface area contributed by atoms with Gasteiger partial charge in [-0.05, 0) is 25.2 Å². The third-order valence-electron chi connectivity index (χ3n) is 2.53. The molecule has 1 rings (SSSR count). The molecule has 1 aliphatic carbocycles. The monoisotopic (exact) mass is 172 g/mol. The molecule has 0 amide bonds. The number of hydrogen-bond donors (Lipinski definition) is 1. The highest BCUT2D eigenvalue weighted by Crippen LogP contribution is 2.28. The van der Waals surface area contributed by atoms with E-state index in [-0.39, 0.29) is 0 Å². The number of hydrogen-bond acceptors (Lipinski definition) is 2. The van der Waals surface area contributed by atoms with Crippen molar-refractivity contribution in [2.75, 3.05) is 7.11 Å². The zero-order chi connectivity index (χ0) is 8.97. The fraction of sp³-hybridized carbons (Fsp3) is 0.889. The van der Waals surface area contributed by atoms with E-state index in [1.165, 1.54) is 0 Å². The summed E-state index contributed by atoms with van der Waals surface area (Å²) in [7, 11) is 1.70. The van der Waals surface area contributed by atoms with E-state index in [4.69, 9.17) is 9.84 Å². The van der Waals surface area contributed by atoms with Crippen LogP contribution in [0, 0.1) is 5.92 Å². The molecule has 0 saturated heterocycles. The molecule has 0 bridgehead atoms. The number of carboxylic acid groups (broad SMARTS) is 1. The van der Waals surface area contributed by atoms with E-state index in [2.05, 4.69) is 0 Å². The molecule has 0 radical (unpaired) electrons. The molecule has 0 aromatic heterocycles. The van der Waals surface area contributed by atoms with Crippen molar-refractivity contribution in [3.05, 3.63) is 0 Å². The minimum atomic E-state index is -0.684. The maximum absolute atomic E-state index is 10.4. The summed E-state index contributed by atoms with van der Waals surface area (Å²) in [5.74, 6) is -0.349. The van der Waals surface area contributed by atoms with Gasteiger partial charge in [0.1, 0.15) is 0 Å². The smallest absolute Gasteiger partial charge is 0.303 e. The van der Waals surface area contributed by atoms with Crippen LogP contribution in [0.25, 0.3) is 0 Å². The maximum Gasteiger partial charge on any atom is 0.303 e. The number of ether oxygens (including phenoxy) is 1. The summed E-state index contributed by atoms with van der Waals surface area (Å²) in [6.07, 6.45) is 4.76. The van der Waals surface area contributed by atoms with Crippen LogP contribution in [0.5, 0.6) is 0 Å². The molecule has 1 aliphatic rings. The van der Waals surface area contributed by atoms with Crippen molar-refractivity contribution in [1.82, 2.24) is 0 Å². The summed E-state index contributed by atoms with van der Waals surface area (Å²) in [6, 6.07) is 0. The van der Waals surface area contributed by atoms with Crippen molar-refractivity contribution >= 4 is 5.97 Å². The number of aliphatic carboxylic acids is 1. The van der Waals surface area contributed by atoms with Crippen molar-refractivity contribution in [3.63, 3.8) is 0 Å². The highest BCUT2D eigenvalue weighted by Gasteiger charge is 2.23. The van der Waals surface area contributed by atoms with Gasteiger partial charge in [0, 0.05) is 13.5 Å². The molecule has 1 N–H and O–H groups in total. The van der Waals surface area contributed by atoms with Gasteiger partial charge < -0.3 is 9.84 Å². The average molecular weight is 172 g/mol. The van der Waals surface area contributed by atoms with E-state index in [1.54, 1.807) is 7.11 Å². The van der Waals surface area contributed by atoms with Crippen LogP contribution in [0.2, 0.25) is 0 Å². The summed E-state index contributed by atoms with van der Waals surface area (Å²) < 4.78 is 5.21. The Labute approximate surface area is 72.7 Å². The molecular formula is C9H16O3. The van der Waals surface area contributed by atoms with E-state index >= 15 is 0 Å². The Balaban J connectivity index is 2.30. The predicted octanol–water partition coefficient (Wildman–Crippen LogP) is 1.67. The summed E-state index contributed by atoms with van der Waals surface area (Å²) in [6.45, 7) is 0. The van der Waals surface area contributed by atoms with E-state index < -0.39 is 5.97 Å². The second-order valence-electron chi connectivity index (χ2n) is 3.49. The molecule has 3 nitrogen and oxygen atoms in total. The number of carbonyl (C=O) groups is 1. The normalized spacial score (nSPS) is 30.1. The van der Waals surface area contributed by atoms with Gasteiger partial charge in [0.25, 0.3) is 0 Å². The van der Waals surface area contributed by atoms with Gasteiger partial charge in [0.15, 0.2) is 0 Å². The van der Waals surface area contributed by atoms with Gasteiger partial charge in [0.05, 0.1) is 6.10 Å². The van der Waals surface area contributed by atoms with Crippen LogP contribution >= 0.6 is 0 Å². The first-order valence-corrected chi connectivity index (χ1v) is 4.47. The summed E-state index contributed by atoms with van der Waals surface area (Å²) >= 11 is 0. The number of rotatable bonds is 3. The summed E-state index contributed by atoms with van der Waals surface area (Å²) in [5, 5.41) is 8.58. The van der Waals surface area contributed by atoms with Crippen LogP contribution in [0.3, 0.4) is 0 Å². The number of methoxy groups -OCH3 is 1. The van der Waals surface area contributed by atoms with Crippen LogP contribution < -0.4 is 0 Å². The molecule has 3 heteroatoms. The molecule has 0 aromatic rings. The minimum Gasteiger partial charge on any atom is -0.481 e. The molecule has 0 spiro atoms. The van der Waals surface area contributed by atoms with Gasteiger partial charge >= 0.3 is 5.97 Å². The molecule has 0 aromatic carbocycles. The second-order valence-corrected chi connectivity index (χ2v) is 3.49. The molecule has 2 atom stereocenters. The fourth-order valence-corrected chi connectivity index (χ4v) is 1.89. The Hall–Kier alpha value is -0.570. The third kappa shape index (κ3) is 2.81. The van der Waals surface area contributed by atoms with Crippen LogP contribution in [0.1, 0.15) is 32.1 Å². The second kappa shape index (κ2) is 4.45. The van der Waals surface area contributed by atoms with E-state index in [1.807, 2.05) is 0 Å². The Morgan fingerprint density at radius 2 is 2.33 bits per heavy atom. The van der Waals surface area contributed by atoms with Crippen LogP contribution in [-0.2, 0) is 9.53 Å². The van der Waals surface area contributed by atoms with E-state index in [0.717, 1.165) is 25.7 Å². The molecule has 1 saturated carbocycles. The van der Waals surface area contributed by atoms with Gasteiger partial charge in [-0.1, -0.05) is 6.42 Å². The van der Waals surface area contributed by atoms with Gasteiger partial charge in [-0.15, -0.1) is 0 Å². The fourth-order valence-electron chi connectivity index (χ4n) is 1.89. The van der Waals surface area contributed by atoms with Crippen LogP contribution in [0.15, 0.2) is 0 Å². The van der Waals surface area contributed by atoms with Gasteiger partial charge in [-0.3, -0.25) is 4.79 Å². The van der Waals surface area contributed by atoms with Crippen molar-refractivity contribution in [2.45, 2.75) is 38.2 Å².